The lowest BCUT2D eigenvalue weighted by Gasteiger charge is -2.02. The SMILES string of the molecule is Cc1c(Cl)cc(Cl)cc1C=NO. The van der Waals surface area contributed by atoms with E-state index in [2.05, 4.69) is 5.16 Å². The van der Waals surface area contributed by atoms with Crippen LogP contribution in [0.15, 0.2) is 17.3 Å². The number of hydrogen-bond acceptors (Lipinski definition) is 2. The Bertz CT molecular complexity index is 323. The molecule has 0 saturated heterocycles. The maximum absolute atomic E-state index is 8.31. The summed E-state index contributed by atoms with van der Waals surface area (Å²) in [7, 11) is 0. The van der Waals surface area contributed by atoms with Crippen molar-refractivity contribution in [3.63, 3.8) is 0 Å². The largest absolute Gasteiger partial charge is 0.411 e. The molecule has 1 N–H and O–H groups in total. The van der Waals surface area contributed by atoms with E-state index in [9.17, 15) is 0 Å². The highest BCUT2D eigenvalue weighted by atomic mass is 35.5. The Morgan fingerprint density at radius 2 is 2.08 bits per heavy atom. The van der Waals surface area contributed by atoms with Crippen LogP contribution in [0.4, 0.5) is 0 Å². The fourth-order valence-corrected chi connectivity index (χ4v) is 1.37. The van der Waals surface area contributed by atoms with Crippen molar-refractivity contribution in [1.29, 1.82) is 0 Å². The van der Waals surface area contributed by atoms with Gasteiger partial charge in [0.25, 0.3) is 0 Å². The fraction of sp³-hybridized carbons (Fsp3) is 0.125. The third-order valence-electron chi connectivity index (χ3n) is 1.55. The van der Waals surface area contributed by atoms with Gasteiger partial charge in [-0.1, -0.05) is 28.4 Å². The zero-order valence-corrected chi connectivity index (χ0v) is 7.89. The second-order valence-corrected chi connectivity index (χ2v) is 3.19. The molecule has 64 valence electrons. The molecule has 0 aliphatic carbocycles. The normalized spacial score (nSPS) is 10.9. The van der Waals surface area contributed by atoms with Crippen molar-refractivity contribution in [2.75, 3.05) is 0 Å². The molecule has 0 atom stereocenters. The molecule has 1 rings (SSSR count). The molecule has 4 heteroatoms. The lowest BCUT2D eigenvalue weighted by molar-refractivity contribution is 0.322. The van der Waals surface area contributed by atoms with Gasteiger partial charge in [0.15, 0.2) is 0 Å². The van der Waals surface area contributed by atoms with E-state index in [-0.39, 0.29) is 0 Å². The molecule has 0 aliphatic heterocycles. The van der Waals surface area contributed by atoms with E-state index in [0.717, 1.165) is 11.1 Å². The van der Waals surface area contributed by atoms with Gasteiger partial charge in [-0.05, 0) is 24.6 Å². The van der Waals surface area contributed by atoms with Crippen molar-refractivity contribution in [2.24, 2.45) is 5.16 Å². The van der Waals surface area contributed by atoms with Crippen LogP contribution in [0, 0.1) is 6.92 Å². The molecule has 1 aromatic rings. The Morgan fingerprint density at radius 1 is 1.42 bits per heavy atom. The summed E-state index contributed by atoms with van der Waals surface area (Å²) < 4.78 is 0. The van der Waals surface area contributed by atoms with Crippen molar-refractivity contribution in [1.82, 2.24) is 0 Å². The highest BCUT2D eigenvalue weighted by Crippen LogP contribution is 2.23. The van der Waals surface area contributed by atoms with E-state index in [1.807, 2.05) is 6.92 Å². The van der Waals surface area contributed by atoms with E-state index >= 15 is 0 Å². The minimum Gasteiger partial charge on any atom is -0.411 e. The molecule has 0 aromatic heterocycles. The van der Waals surface area contributed by atoms with Crippen molar-refractivity contribution < 1.29 is 5.21 Å². The highest BCUT2D eigenvalue weighted by molar-refractivity contribution is 6.35. The van der Waals surface area contributed by atoms with Gasteiger partial charge in [-0.3, -0.25) is 0 Å². The average Bonchev–Trinajstić information content (AvgIpc) is 2.00. The molecule has 0 unspecified atom stereocenters. The van der Waals surface area contributed by atoms with E-state index in [4.69, 9.17) is 28.4 Å². The monoisotopic (exact) mass is 203 g/mol. The van der Waals surface area contributed by atoms with E-state index in [0.29, 0.717) is 10.0 Å². The molecule has 0 amide bonds. The molecular formula is C8H7Cl2NO. The summed E-state index contributed by atoms with van der Waals surface area (Å²) in [5.41, 5.74) is 1.56. The second-order valence-electron chi connectivity index (χ2n) is 2.35. The molecule has 0 radical (unpaired) electrons. The van der Waals surface area contributed by atoms with Crippen LogP contribution >= 0.6 is 23.2 Å². The summed E-state index contributed by atoms with van der Waals surface area (Å²) in [6.07, 6.45) is 1.30. The number of nitrogens with zero attached hydrogens (tertiary/aromatic N) is 1. The highest BCUT2D eigenvalue weighted by Gasteiger charge is 2.02. The summed E-state index contributed by atoms with van der Waals surface area (Å²) in [6, 6.07) is 3.33. The maximum atomic E-state index is 8.31. The van der Waals surface area contributed by atoms with Crippen LogP contribution in [0.5, 0.6) is 0 Å². The Hall–Kier alpha value is -0.730. The van der Waals surface area contributed by atoms with Gasteiger partial charge in [-0.25, -0.2) is 0 Å². The topological polar surface area (TPSA) is 32.6 Å². The summed E-state index contributed by atoms with van der Waals surface area (Å²) >= 11 is 11.6. The average molecular weight is 204 g/mol. The Morgan fingerprint density at radius 3 is 2.67 bits per heavy atom. The molecule has 0 spiro atoms. The van der Waals surface area contributed by atoms with Crippen LogP contribution in [0.1, 0.15) is 11.1 Å². The molecule has 2 nitrogen and oxygen atoms in total. The number of benzene rings is 1. The fourth-order valence-electron chi connectivity index (χ4n) is 0.862. The molecule has 1 aromatic carbocycles. The van der Waals surface area contributed by atoms with Gasteiger partial charge in [0.05, 0.1) is 6.21 Å². The zero-order valence-electron chi connectivity index (χ0n) is 6.38. The number of rotatable bonds is 1. The lowest BCUT2D eigenvalue weighted by Crippen LogP contribution is -1.88. The quantitative estimate of drug-likeness (QED) is 0.425. The lowest BCUT2D eigenvalue weighted by atomic mass is 10.1. The van der Waals surface area contributed by atoms with Crippen molar-refractivity contribution >= 4 is 29.4 Å². The van der Waals surface area contributed by atoms with Crippen LogP contribution in [-0.2, 0) is 0 Å². The number of hydrogen-bond donors (Lipinski definition) is 1. The smallest absolute Gasteiger partial charge is 0.0737 e. The minimum atomic E-state index is 0.528. The van der Waals surface area contributed by atoms with Crippen molar-refractivity contribution in [3.05, 3.63) is 33.3 Å². The van der Waals surface area contributed by atoms with Gasteiger partial charge >= 0.3 is 0 Å². The maximum Gasteiger partial charge on any atom is 0.0737 e. The van der Waals surface area contributed by atoms with Gasteiger partial charge in [-0.2, -0.15) is 0 Å². The van der Waals surface area contributed by atoms with E-state index in [1.54, 1.807) is 12.1 Å². The summed E-state index contributed by atoms with van der Waals surface area (Å²) in [6.45, 7) is 1.83. The summed E-state index contributed by atoms with van der Waals surface area (Å²) in [4.78, 5) is 0. The van der Waals surface area contributed by atoms with Crippen LogP contribution < -0.4 is 0 Å². The van der Waals surface area contributed by atoms with E-state index < -0.39 is 0 Å². The molecule has 0 saturated carbocycles. The number of halogens is 2. The predicted octanol–water partition coefficient (Wildman–Crippen LogP) is 3.11. The third-order valence-corrected chi connectivity index (χ3v) is 2.16. The van der Waals surface area contributed by atoms with Crippen LogP contribution in [0.3, 0.4) is 0 Å². The molecule has 0 aliphatic rings. The third kappa shape index (κ3) is 1.90. The summed E-state index contributed by atoms with van der Waals surface area (Å²) in [5, 5.41) is 12.3. The molecule has 0 bridgehead atoms. The molecule has 0 fully saturated rings. The first-order valence-corrected chi connectivity index (χ1v) is 4.04. The molecular weight excluding hydrogens is 197 g/mol. The van der Waals surface area contributed by atoms with Gasteiger partial charge in [0.2, 0.25) is 0 Å². The predicted molar refractivity (Wildman–Crippen MR) is 50.6 cm³/mol. The Balaban J connectivity index is 3.27. The Kier molecular flexibility index (Phi) is 2.95. The standard InChI is InChI=1S/C8H7Cl2NO/c1-5-6(4-11-12)2-7(9)3-8(5)10/h2-4,12H,1H3. The van der Waals surface area contributed by atoms with Crippen LogP contribution in [0.25, 0.3) is 0 Å². The minimum absolute atomic E-state index is 0.528. The molecule has 0 heterocycles. The Labute approximate surface area is 80.4 Å². The summed E-state index contributed by atoms with van der Waals surface area (Å²) in [5.74, 6) is 0. The zero-order chi connectivity index (χ0) is 9.14. The second kappa shape index (κ2) is 3.78. The first kappa shape index (κ1) is 9.36. The molecule has 12 heavy (non-hydrogen) atoms. The van der Waals surface area contributed by atoms with Crippen LogP contribution in [0.2, 0.25) is 10.0 Å². The number of oxime groups is 1. The van der Waals surface area contributed by atoms with Gasteiger partial charge < -0.3 is 5.21 Å². The first-order valence-electron chi connectivity index (χ1n) is 3.28. The van der Waals surface area contributed by atoms with Gasteiger partial charge in [-0.15, -0.1) is 0 Å². The van der Waals surface area contributed by atoms with Gasteiger partial charge in [0, 0.05) is 15.6 Å². The van der Waals surface area contributed by atoms with E-state index in [1.165, 1.54) is 6.21 Å². The van der Waals surface area contributed by atoms with Crippen LogP contribution in [-0.4, -0.2) is 11.4 Å². The van der Waals surface area contributed by atoms with Gasteiger partial charge in [0.1, 0.15) is 0 Å². The van der Waals surface area contributed by atoms with Crippen molar-refractivity contribution in [3.8, 4) is 0 Å². The van der Waals surface area contributed by atoms with Crippen molar-refractivity contribution in [2.45, 2.75) is 6.92 Å². The first-order chi connectivity index (χ1) is 5.65.